The van der Waals surface area contributed by atoms with Crippen LogP contribution in [0.1, 0.15) is 32.2 Å². The van der Waals surface area contributed by atoms with Crippen LogP contribution in [0.4, 0.5) is 0 Å². The van der Waals surface area contributed by atoms with Crippen LogP contribution in [-0.2, 0) is 19.5 Å². The Balaban J connectivity index is 0.00000300. The number of hydrogen-bond donors (Lipinski definition) is 1. The van der Waals surface area contributed by atoms with E-state index >= 15 is 0 Å². The summed E-state index contributed by atoms with van der Waals surface area (Å²) in [5, 5.41) is 11.6. The van der Waals surface area contributed by atoms with E-state index in [2.05, 4.69) is 51.8 Å². The molecule has 1 aromatic carbocycles. The Labute approximate surface area is 189 Å². The van der Waals surface area contributed by atoms with Gasteiger partial charge in [0, 0.05) is 39.6 Å². The molecule has 1 aromatic heterocycles. The van der Waals surface area contributed by atoms with E-state index in [0.717, 1.165) is 61.4 Å². The molecule has 8 nitrogen and oxygen atoms in total. The van der Waals surface area contributed by atoms with Gasteiger partial charge in [0.15, 0.2) is 17.5 Å². The van der Waals surface area contributed by atoms with Crippen molar-refractivity contribution >= 4 is 29.9 Å². The van der Waals surface area contributed by atoms with Crippen molar-refractivity contribution in [3.8, 4) is 11.5 Å². The van der Waals surface area contributed by atoms with E-state index in [1.54, 1.807) is 6.33 Å². The standard InChI is InChI=1S/C20H30N6O2.HI/c1-5-19-24-23-13-26(19)9-8-21-20(22-11-15(2)3)25(4)12-16-6-7-17-18(10-16)28-14-27-17;/h6-7,10,13,15H,5,8-9,11-12,14H2,1-4H3,(H,21,22);1H. The lowest BCUT2D eigenvalue weighted by Crippen LogP contribution is -2.40. The molecular formula is C20H31IN6O2. The van der Waals surface area contributed by atoms with Gasteiger partial charge in [0.25, 0.3) is 0 Å². The van der Waals surface area contributed by atoms with Gasteiger partial charge in [-0.25, -0.2) is 0 Å². The zero-order chi connectivity index (χ0) is 19.9. The van der Waals surface area contributed by atoms with Crippen molar-refractivity contribution < 1.29 is 9.47 Å². The lowest BCUT2D eigenvalue weighted by atomic mass is 10.2. The quantitative estimate of drug-likeness (QED) is 0.332. The van der Waals surface area contributed by atoms with Crippen LogP contribution in [0.15, 0.2) is 29.5 Å². The largest absolute Gasteiger partial charge is 0.454 e. The first-order chi connectivity index (χ1) is 13.6. The minimum Gasteiger partial charge on any atom is -0.454 e. The molecule has 0 aliphatic carbocycles. The summed E-state index contributed by atoms with van der Waals surface area (Å²) in [6.45, 7) is 9.78. The molecule has 0 fully saturated rings. The Hall–Kier alpha value is -2.04. The highest BCUT2D eigenvalue weighted by Crippen LogP contribution is 2.32. The molecular weight excluding hydrogens is 483 g/mol. The Morgan fingerprint density at radius 3 is 2.86 bits per heavy atom. The third-order valence-electron chi connectivity index (χ3n) is 4.47. The highest BCUT2D eigenvalue weighted by Gasteiger charge is 2.15. The van der Waals surface area contributed by atoms with Gasteiger partial charge in [-0.3, -0.25) is 4.99 Å². The number of nitrogens with one attached hydrogen (secondary N) is 1. The van der Waals surface area contributed by atoms with Crippen LogP contribution in [0, 0.1) is 5.92 Å². The van der Waals surface area contributed by atoms with Gasteiger partial charge in [0.1, 0.15) is 12.2 Å². The Bertz CT molecular complexity index is 808. The normalized spacial score (nSPS) is 12.8. The summed E-state index contributed by atoms with van der Waals surface area (Å²) in [4.78, 5) is 6.92. The highest BCUT2D eigenvalue weighted by atomic mass is 127. The van der Waals surface area contributed by atoms with E-state index in [9.17, 15) is 0 Å². The Morgan fingerprint density at radius 2 is 2.10 bits per heavy atom. The van der Waals surface area contributed by atoms with Crippen LogP contribution < -0.4 is 14.8 Å². The molecule has 1 aliphatic heterocycles. The summed E-state index contributed by atoms with van der Waals surface area (Å²) >= 11 is 0. The van der Waals surface area contributed by atoms with Gasteiger partial charge in [-0.2, -0.15) is 0 Å². The summed E-state index contributed by atoms with van der Waals surface area (Å²) in [6, 6.07) is 6.06. The molecule has 3 rings (SSSR count). The molecule has 0 saturated heterocycles. The average Bonchev–Trinajstić information content (AvgIpc) is 3.32. The van der Waals surface area contributed by atoms with Crippen LogP contribution in [-0.4, -0.2) is 52.6 Å². The molecule has 160 valence electrons. The van der Waals surface area contributed by atoms with Gasteiger partial charge in [0.05, 0.1) is 0 Å². The van der Waals surface area contributed by atoms with Crippen molar-refractivity contribution in [2.75, 3.05) is 26.9 Å². The number of ether oxygens (including phenoxy) is 2. The van der Waals surface area contributed by atoms with Crippen molar-refractivity contribution in [2.24, 2.45) is 10.9 Å². The molecule has 0 amide bonds. The molecule has 0 unspecified atom stereocenters. The van der Waals surface area contributed by atoms with Gasteiger partial charge in [-0.1, -0.05) is 26.8 Å². The number of rotatable bonds is 8. The summed E-state index contributed by atoms with van der Waals surface area (Å²) in [5.74, 6) is 3.99. The number of aromatic nitrogens is 3. The van der Waals surface area contributed by atoms with Gasteiger partial charge in [-0.15, -0.1) is 34.2 Å². The predicted molar refractivity (Wildman–Crippen MR) is 124 cm³/mol. The van der Waals surface area contributed by atoms with Crippen LogP contribution in [0.3, 0.4) is 0 Å². The fraction of sp³-hybridized carbons (Fsp3) is 0.550. The first kappa shape index (κ1) is 23.2. The molecule has 0 atom stereocenters. The fourth-order valence-corrected chi connectivity index (χ4v) is 3.00. The number of aliphatic imine (C=N–C) groups is 1. The lowest BCUT2D eigenvalue weighted by molar-refractivity contribution is 0.174. The molecule has 2 aromatic rings. The van der Waals surface area contributed by atoms with E-state index in [4.69, 9.17) is 14.5 Å². The number of halogens is 1. The zero-order valence-corrected chi connectivity index (χ0v) is 19.9. The maximum absolute atomic E-state index is 5.49. The van der Waals surface area contributed by atoms with Gasteiger partial charge >= 0.3 is 0 Å². The molecule has 0 saturated carbocycles. The number of aryl methyl sites for hydroxylation is 1. The van der Waals surface area contributed by atoms with E-state index in [-0.39, 0.29) is 24.0 Å². The molecule has 1 aliphatic rings. The second kappa shape index (κ2) is 11.2. The fourth-order valence-electron chi connectivity index (χ4n) is 3.00. The van der Waals surface area contributed by atoms with Crippen LogP contribution in [0.5, 0.6) is 11.5 Å². The first-order valence-corrected chi connectivity index (χ1v) is 9.81. The number of hydrogen-bond acceptors (Lipinski definition) is 5. The van der Waals surface area contributed by atoms with Crippen LogP contribution in [0.2, 0.25) is 0 Å². The van der Waals surface area contributed by atoms with Gasteiger partial charge < -0.3 is 24.3 Å². The lowest BCUT2D eigenvalue weighted by Gasteiger charge is -2.23. The van der Waals surface area contributed by atoms with Crippen molar-refractivity contribution in [1.82, 2.24) is 25.0 Å². The van der Waals surface area contributed by atoms with Crippen molar-refractivity contribution in [2.45, 2.75) is 40.3 Å². The average molecular weight is 514 g/mol. The first-order valence-electron chi connectivity index (χ1n) is 9.81. The van der Waals surface area contributed by atoms with E-state index < -0.39 is 0 Å². The predicted octanol–water partition coefficient (Wildman–Crippen LogP) is 2.92. The second-order valence-corrected chi connectivity index (χ2v) is 7.32. The molecule has 29 heavy (non-hydrogen) atoms. The number of benzene rings is 1. The minimum absolute atomic E-state index is 0. The molecule has 2 heterocycles. The van der Waals surface area contributed by atoms with Crippen molar-refractivity contribution in [3.63, 3.8) is 0 Å². The molecule has 9 heteroatoms. The second-order valence-electron chi connectivity index (χ2n) is 7.32. The Morgan fingerprint density at radius 1 is 1.31 bits per heavy atom. The van der Waals surface area contributed by atoms with E-state index in [0.29, 0.717) is 12.7 Å². The van der Waals surface area contributed by atoms with E-state index in [1.807, 2.05) is 19.2 Å². The SMILES string of the molecule is CCc1nncn1CCNC(=NCC(C)C)N(C)Cc1ccc2c(c1)OCO2.I. The van der Waals surface area contributed by atoms with Crippen LogP contribution >= 0.6 is 24.0 Å². The summed E-state index contributed by atoms with van der Waals surface area (Å²) < 4.78 is 13.0. The summed E-state index contributed by atoms with van der Waals surface area (Å²) in [6.07, 6.45) is 2.65. The minimum atomic E-state index is 0. The smallest absolute Gasteiger partial charge is 0.231 e. The van der Waals surface area contributed by atoms with Crippen molar-refractivity contribution in [1.29, 1.82) is 0 Å². The zero-order valence-electron chi connectivity index (χ0n) is 17.6. The number of nitrogens with zero attached hydrogens (tertiary/aromatic N) is 5. The topological polar surface area (TPSA) is 76.8 Å². The monoisotopic (exact) mass is 514 g/mol. The third kappa shape index (κ3) is 6.48. The summed E-state index contributed by atoms with van der Waals surface area (Å²) in [7, 11) is 2.05. The van der Waals surface area contributed by atoms with Crippen molar-refractivity contribution in [3.05, 3.63) is 35.9 Å². The maximum Gasteiger partial charge on any atom is 0.231 e. The maximum atomic E-state index is 5.49. The van der Waals surface area contributed by atoms with E-state index in [1.165, 1.54) is 0 Å². The Kier molecular flexibility index (Phi) is 8.99. The third-order valence-corrected chi connectivity index (χ3v) is 4.47. The molecule has 1 N–H and O–H groups in total. The molecule has 0 bridgehead atoms. The summed E-state index contributed by atoms with van der Waals surface area (Å²) in [5.41, 5.74) is 1.15. The van der Waals surface area contributed by atoms with Gasteiger partial charge in [0.2, 0.25) is 6.79 Å². The highest BCUT2D eigenvalue weighted by molar-refractivity contribution is 14.0. The number of guanidine groups is 1. The number of fused-ring (bicyclic) bond motifs is 1. The van der Waals surface area contributed by atoms with Gasteiger partial charge in [-0.05, 0) is 23.6 Å². The van der Waals surface area contributed by atoms with Crippen LogP contribution in [0.25, 0.3) is 0 Å². The molecule has 0 radical (unpaired) electrons. The molecule has 0 spiro atoms.